The van der Waals surface area contributed by atoms with Crippen LogP contribution in [0.2, 0.25) is 0 Å². The van der Waals surface area contributed by atoms with E-state index in [0.29, 0.717) is 0 Å². The molecule has 0 aromatic heterocycles. The van der Waals surface area contributed by atoms with Crippen molar-refractivity contribution < 1.29 is 45.3 Å². The molecule has 0 aliphatic heterocycles. The van der Waals surface area contributed by atoms with Gasteiger partial charge in [0.15, 0.2) is 0 Å². The topological polar surface area (TPSA) is 190 Å². The van der Waals surface area contributed by atoms with Gasteiger partial charge < -0.3 is 10.2 Å². The first-order valence-corrected chi connectivity index (χ1v) is 5.32. The number of hydrogen-bond donors (Lipinski definition) is 6. The first-order chi connectivity index (χ1) is 5.91. The van der Waals surface area contributed by atoms with E-state index in [0.717, 1.165) is 0 Å². The first kappa shape index (κ1) is 19.3. The minimum absolute atomic E-state index is 0.125. The van der Waals surface area contributed by atoms with E-state index >= 15 is 0 Å². The van der Waals surface area contributed by atoms with Gasteiger partial charge in [0, 0.05) is 0 Å². The van der Waals surface area contributed by atoms with Gasteiger partial charge in [0.05, 0.1) is 13.2 Å². The van der Waals surface area contributed by atoms with E-state index in [9.17, 15) is 0 Å². The van der Waals surface area contributed by atoms with Crippen LogP contribution in [0.4, 0.5) is 0 Å². The van der Waals surface area contributed by atoms with Gasteiger partial charge in [0.2, 0.25) is 0 Å². The maximum atomic E-state index is 8.74. The fraction of sp³-hybridized carbons (Fsp3) is 1.00. The molecule has 0 aliphatic rings. The van der Waals surface area contributed by atoms with E-state index in [1.54, 1.807) is 0 Å². The normalized spacial score (nSPS) is 10.4. The summed E-state index contributed by atoms with van der Waals surface area (Å²) >= 11 is 0. The summed E-state index contributed by atoms with van der Waals surface area (Å²) in [6.07, 6.45) is 0. The maximum absolute atomic E-state index is 8.74. The Morgan fingerprint density at radius 1 is 0.643 bits per heavy atom. The van der Waals surface area contributed by atoms with Crippen molar-refractivity contribution >= 4 is 20.8 Å². The van der Waals surface area contributed by atoms with Gasteiger partial charge in [-0.2, -0.15) is 16.8 Å². The van der Waals surface area contributed by atoms with Crippen LogP contribution in [0.3, 0.4) is 0 Å². The zero-order chi connectivity index (χ0) is 12.4. The van der Waals surface area contributed by atoms with E-state index in [2.05, 4.69) is 0 Å². The van der Waals surface area contributed by atoms with Crippen LogP contribution in [0, 0.1) is 0 Å². The zero-order valence-corrected chi connectivity index (χ0v) is 8.18. The molecule has 12 heteroatoms. The second kappa shape index (κ2) is 9.22. The summed E-state index contributed by atoms with van der Waals surface area (Å²) in [7, 11) is -9.33. The molecule has 90 valence electrons. The number of aliphatic hydroxyl groups excluding tert-OH is 2. The molecule has 0 spiro atoms. The smallest absolute Gasteiger partial charge is 0.394 e. The molecule has 0 amide bonds. The predicted octanol–water partition coefficient (Wildman–Crippen LogP) is -2.33. The van der Waals surface area contributed by atoms with Crippen molar-refractivity contribution in [1.29, 1.82) is 0 Å². The monoisotopic (exact) mass is 258 g/mol. The highest BCUT2D eigenvalue weighted by molar-refractivity contribution is 7.80. The molecule has 0 aromatic rings. The number of rotatable bonds is 1. The van der Waals surface area contributed by atoms with Crippen LogP contribution < -0.4 is 0 Å². The molecule has 0 rings (SSSR count). The molecular weight excluding hydrogens is 248 g/mol. The molecule has 0 aromatic carbocycles. The van der Waals surface area contributed by atoms with Crippen molar-refractivity contribution in [3.05, 3.63) is 0 Å². The van der Waals surface area contributed by atoms with Gasteiger partial charge in [-0.05, 0) is 0 Å². The van der Waals surface area contributed by atoms with Crippen molar-refractivity contribution in [2.24, 2.45) is 0 Å². The van der Waals surface area contributed by atoms with Crippen molar-refractivity contribution in [1.82, 2.24) is 0 Å². The quantitative estimate of drug-likeness (QED) is 0.278. The molecular formula is C2H10O10S2. The summed E-state index contributed by atoms with van der Waals surface area (Å²) in [5, 5.41) is 15.2. The van der Waals surface area contributed by atoms with Crippen molar-refractivity contribution in [2.45, 2.75) is 0 Å². The van der Waals surface area contributed by atoms with Crippen molar-refractivity contribution in [3.8, 4) is 0 Å². The lowest BCUT2D eigenvalue weighted by Gasteiger charge is -1.70. The fourth-order valence-electron chi connectivity index (χ4n) is 0. The van der Waals surface area contributed by atoms with E-state index in [4.69, 9.17) is 45.3 Å². The van der Waals surface area contributed by atoms with E-state index in [1.165, 1.54) is 0 Å². The Bertz CT molecular complexity index is 236. The molecule has 0 bridgehead atoms. The standard InChI is InChI=1S/C2H6O2.2H2O4S/c3-1-2-4;2*1-5(2,3)4/h3-4H,1-2H2;2*(H2,1,2,3,4). The molecule has 0 aliphatic carbocycles. The van der Waals surface area contributed by atoms with Gasteiger partial charge in [-0.15, -0.1) is 0 Å². The van der Waals surface area contributed by atoms with Gasteiger partial charge in [0.25, 0.3) is 0 Å². The Hall–Kier alpha value is -0.340. The lowest BCUT2D eigenvalue weighted by molar-refractivity contribution is 0.186. The van der Waals surface area contributed by atoms with Crippen LogP contribution in [0.5, 0.6) is 0 Å². The summed E-state index contributed by atoms with van der Waals surface area (Å²) in [6.45, 7) is -0.250. The maximum Gasteiger partial charge on any atom is 0.394 e. The molecule has 0 fully saturated rings. The van der Waals surface area contributed by atoms with Gasteiger partial charge in [-0.25, -0.2) is 0 Å². The third-order valence-corrected chi connectivity index (χ3v) is 0.1000. The van der Waals surface area contributed by atoms with Crippen molar-refractivity contribution in [2.75, 3.05) is 13.2 Å². The molecule has 0 radical (unpaired) electrons. The summed E-state index contributed by atoms with van der Waals surface area (Å²) in [5.41, 5.74) is 0. The lowest BCUT2D eigenvalue weighted by Crippen LogP contribution is -1.89. The lowest BCUT2D eigenvalue weighted by atomic mass is 10.8. The Balaban J connectivity index is -0.000000131. The molecule has 10 nitrogen and oxygen atoms in total. The van der Waals surface area contributed by atoms with Crippen LogP contribution in [0.15, 0.2) is 0 Å². The van der Waals surface area contributed by atoms with Crippen LogP contribution in [-0.4, -0.2) is 58.5 Å². The summed E-state index contributed by atoms with van der Waals surface area (Å²) < 4.78 is 63.2. The van der Waals surface area contributed by atoms with Crippen molar-refractivity contribution in [3.63, 3.8) is 0 Å². The summed E-state index contributed by atoms with van der Waals surface area (Å²) in [6, 6.07) is 0. The number of hydrogen-bond acceptors (Lipinski definition) is 6. The van der Waals surface area contributed by atoms with E-state index in [1.807, 2.05) is 0 Å². The minimum atomic E-state index is -4.67. The second-order valence-corrected chi connectivity index (χ2v) is 3.13. The molecule has 14 heavy (non-hydrogen) atoms. The molecule has 0 unspecified atom stereocenters. The van der Waals surface area contributed by atoms with Crippen LogP contribution in [-0.2, 0) is 20.8 Å². The SMILES string of the molecule is O=S(=O)(O)O.O=S(=O)(O)O.OCCO. The third kappa shape index (κ3) is 3040. The van der Waals surface area contributed by atoms with Crippen LogP contribution >= 0.6 is 0 Å². The van der Waals surface area contributed by atoms with Gasteiger partial charge in [-0.3, -0.25) is 18.2 Å². The van der Waals surface area contributed by atoms with Gasteiger partial charge in [0.1, 0.15) is 0 Å². The Morgan fingerprint density at radius 2 is 0.714 bits per heavy atom. The van der Waals surface area contributed by atoms with E-state index < -0.39 is 20.8 Å². The molecule has 0 heterocycles. The van der Waals surface area contributed by atoms with Gasteiger partial charge in [-0.1, -0.05) is 0 Å². The predicted molar refractivity (Wildman–Crippen MR) is 42.5 cm³/mol. The highest BCUT2D eigenvalue weighted by atomic mass is 32.3. The highest BCUT2D eigenvalue weighted by Gasteiger charge is 1.85. The first-order valence-electron chi connectivity index (χ1n) is 2.53. The molecule has 0 saturated carbocycles. The number of aliphatic hydroxyl groups is 2. The average Bonchev–Trinajstić information content (AvgIpc) is 1.79. The van der Waals surface area contributed by atoms with E-state index in [-0.39, 0.29) is 13.2 Å². The molecule has 0 saturated heterocycles. The Labute approximate surface area is 80.0 Å². The van der Waals surface area contributed by atoms with Crippen LogP contribution in [0.25, 0.3) is 0 Å². The zero-order valence-electron chi connectivity index (χ0n) is 6.55. The summed E-state index contributed by atoms with van der Waals surface area (Å²) in [5.74, 6) is 0. The van der Waals surface area contributed by atoms with Gasteiger partial charge >= 0.3 is 20.8 Å². The van der Waals surface area contributed by atoms with Crippen LogP contribution in [0.1, 0.15) is 0 Å². The Morgan fingerprint density at radius 3 is 0.714 bits per heavy atom. The second-order valence-electron chi connectivity index (χ2n) is 1.34. The minimum Gasteiger partial charge on any atom is -0.394 e. The molecule has 0 atom stereocenters. The average molecular weight is 258 g/mol. The fourth-order valence-corrected chi connectivity index (χ4v) is 0. The Kier molecular flexibility index (Phi) is 12.7. The highest BCUT2D eigenvalue weighted by Crippen LogP contribution is 1.59. The largest absolute Gasteiger partial charge is 0.394 e. The molecule has 6 N–H and O–H groups in total. The summed E-state index contributed by atoms with van der Waals surface area (Å²) in [4.78, 5) is 0. The third-order valence-electron chi connectivity index (χ3n) is 0.1000.